The zero-order chi connectivity index (χ0) is 14.0. The Morgan fingerprint density at radius 2 is 1.78 bits per heavy atom. The standard InChI is InChI=1S/C13H23NO4/c1-5-12(15)17-9-7-14(6-2)8-10-18-13(16)11(3)4/h5,11H,1,6-10H2,2-4H3. The molecule has 18 heavy (non-hydrogen) atoms. The van der Waals surface area contributed by atoms with Crippen LogP contribution in [0, 0.1) is 5.92 Å². The molecule has 0 heterocycles. The molecule has 0 rings (SSSR count). The molecule has 0 fully saturated rings. The largest absolute Gasteiger partial charge is 0.464 e. The lowest BCUT2D eigenvalue weighted by Gasteiger charge is -2.20. The fourth-order valence-corrected chi connectivity index (χ4v) is 1.20. The van der Waals surface area contributed by atoms with E-state index in [1.165, 1.54) is 0 Å². The number of hydrogen-bond acceptors (Lipinski definition) is 5. The summed E-state index contributed by atoms with van der Waals surface area (Å²) in [6.45, 7) is 11.7. The van der Waals surface area contributed by atoms with Crippen LogP contribution in [0.4, 0.5) is 0 Å². The van der Waals surface area contributed by atoms with Gasteiger partial charge in [-0.15, -0.1) is 0 Å². The average Bonchev–Trinajstić information content (AvgIpc) is 2.36. The number of ether oxygens (including phenoxy) is 2. The highest BCUT2D eigenvalue weighted by Gasteiger charge is 2.09. The zero-order valence-electron chi connectivity index (χ0n) is 11.5. The van der Waals surface area contributed by atoms with Gasteiger partial charge in [0.25, 0.3) is 0 Å². The Bertz CT molecular complexity index is 276. The van der Waals surface area contributed by atoms with E-state index in [2.05, 4.69) is 6.58 Å². The summed E-state index contributed by atoms with van der Waals surface area (Å²) in [4.78, 5) is 24.1. The second-order valence-corrected chi connectivity index (χ2v) is 4.13. The molecule has 0 atom stereocenters. The molecule has 0 aliphatic carbocycles. The molecule has 0 aromatic heterocycles. The fourth-order valence-electron chi connectivity index (χ4n) is 1.20. The van der Waals surface area contributed by atoms with Crippen LogP contribution in [0.25, 0.3) is 0 Å². The molecule has 104 valence electrons. The second kappa shape index (κ2) is 9.65. The van der Waals surface area contributed by atoms with Crippen LogP contribution in [-0.4, -0.2) is 49.7 Å². The molecule has 0 unspecified atom stereocenters. The summed E-state index contributed by atoms with van der Waals surface area (Å²) in [5.74, 6) is -0.713. The smallest absolute Gasteiger partial charge is 0.330 e. The molecule has 0 bridgehead atoms. The predicted octanol–water partition coefficient (Wildman–Crippen LogP) is 1.24. The minimum atomic E-state index is -0.419. The predicted molar refractivity (Wildman–Crippen MR) is 69.1 cm³/mol. The number of likely N-dealkylation sites (N-methyl/N-ethyl adjacent to an activating group) is 1. The van der Waals surface area contributed by atoms with E-state index in [0.717, 1.165) is 12.6 Å². The summed E-state index contributed by atoms with van der Waals surface area (Å²) in [6, 6.07) is 0. The first-order chi connectivity index (χ1) is 8.51. The van der Waals surface area contributed by atoms with Crippen molar-refractivity contribution >= 4 is 11.9 Å². The lowest BCUT2D eigenvalue weighted by Crippen LogP contribution is -2.32. The van der Waals surface area contributed by atoms with Gasteiger partial charge < -0.3 is 9.47 Å². The third-order valence-electron chi connectivity index (χ3n) is 2.39. The van der Waals surface area contributed by atoms with E-state index < -0.39 is 5.97 Å². The number of carbonyl (C=O) groups excluding carboxylic acids is 2. The van der Waals surface area contributed by atoms with E-state index in [4.69, 9.17) is 9.47 Å². The Labute approximate surface area is 109 Å². The molecule has 0 saturated heterocycles. The van der Waals surface area contributed by atoms with Gasteiger partial charge in [-0.1, -0.05) is 27.4 Å². The lowest BCUT2D eigenvalue weighted by atomic mass is 10.2. The Morgan fingerprint density at radius 3 is 2.22 bits per heavy atom. The molecule has 0 aromatic carbocycles. The van der Waals surface area contributed by atoms with Gasteiger partial charge in [0.15, 0.2) is 0 Å². The van der Waals surface area contributed by atoms with Crippen molar-refractivity contribution in [1.29, 1.82) is 0 Å². The first-order valence-corrected chi connectivity index (χ1v) is 6.19. The Hall–Kier alpha value is -1.36. The number of rotatable bonds is 9. The molecular weight excluding hydrogens is 234 g/mol. The summed E-state index contributed by atoms with van der Waals surface area (Å²) >= 11 is 0. The van der Waals surface area contributed by atoms with Gasteiger partial charge in [0, 0.05) is 19.2 Å². The average molecular weight is 257 g/mol. The van der Waals surface area contributed by atoms with E-state index in [1.807, 2.05) is 11.8 Å². The van der Waals surface area contributed by atoms with Crippen LogP contribution in [-0.2, 0) is 19.1 Å². The van der Waals surface area contributed by atoms with Crippen LogP contribution in [0.15, 0.2) is 12.7 Å². The van der Waals surface area contributed by atoms with Gasteiger partial charge in [-0.3, -0.25) is 9.69 Å². The van der Waals surface area contributed by atoms with E-state index in [0.29, 0.717) is 26.3 Å². The molecule has 0 aliphatic rings. The molecular formula is C13H23NO4. The van der Waals surface area contributed by atoms with Gasteiger partial charge in [0.05, 0.1) is 5.92 Å². The van der Waals surface area contributed by atoms with Gasteiger partial charge >= 0.3 is 11.9 Å². The molecule has 0 aliphatic heterocycles. The van der Waals surface area contributed by atoms with Crippen molar-refractivity contribution in [3.63, 3.8) is 0 Å². The Morgan fingerprint density at radius 1 is 1.22 bits per heavy atom. The van der Waals surface area contributed by atoms with E-state index in [-0.39, 0.29) is 11.9 Å². The SMILES string of the molecule is C=CC(=O)OCCN(CC)CCOC(=O)C(C)C. The van der Waals surface area contributed by atoms with E-state index in [9.17, 15) is 9.59 Å². The first kappa shape index (κ1) is 16.6. The molecule has 0 aromatic rings. The highest BCUT2D eigenvalue weighted by molar-refractivity contribution is 5.81. The third-order valence-corrected chi connectivity index (χ3v) is 2.39. The molecule has 5 heteroatoms. The van der Waals surface area contributed by atoms with Crippen molar-refractivity contribution in [1.82, 2.24) is 4.90 Å². The lowest BCUT2D eigenvalue weighted by molar-refractivity contribution is -0.147. The number of hydrogen-bond donors (Lipinski definition) is 0. The molecule has 0 amide bonds. The van der Waals surface area contributed by atoms with Gasteiger partial charge in [-0.25, -0.2) is 4.79 Å². The summed E-state index contributed by atoms with van der Waals surface area (Å²) in [6.07, 6.45) is 1.14. The number of nitrogens with zero attached hydrogens (tertiary/aromatic N) is 1. The highest BCUT2D eigenvalue weighted by atomic mass is 16.5. The fraction of sp³-hybridized carbons (Fsp3) is 0.692. The maximum absolute atomic E-state index is 11.2. The quantitative estimate of drug-likeness (QED) is 0.459. The minimum Gasteiger partial charge on any atom is -0.464 e. The number of esters is 2. The topological polar surface area (TPSA) is 55.8 Å². The van der Waals surface area contributed by atoms with Crippen molar-refractivity contribution < 1.29 is 19.1 Å². The third kappa shape index (κ3) is 7.84. The van der Waals surface area contributed by atoms with Crippen LogP contribution in [0.1, 0.15) is 20.8 Å². The van der Waals surface area contributed by atoms with Crippen LogP contribution < -0.4 is 0 Å². The van der Waals surface area contributed by atoms with Gasteiger partial charge in [0.1, 0.15) is 13.2 Å². The van der Waals surface area contributed by atoms with E-state index >= 15 is 0 Å². The van der Waals surface area contributed by atoms with Crippen LogP contribution in [0.3, 0.4) is 0 Å². The maximum Gasteiger partial charge on any atom is 0.330 e. The summed E-state index contributed by atoms with van der Waals surface area (Å²) < 4.78 is 9.96. The van der Waals surface area contributed by atoms with Crippen molar-refractivity contribution in [2.24, 2.45) is 5.92 Å². The Balaban J connectivity index is 3.73. The van der Waals surface area contributed by atoms with Crippen LogP contribution in [0.2, 0.25) is 0 Å². The normalized spacial score (nSPS) is 10.5. The van der Waals surface area contributed by atoms with Crippen molar-refractivity contribution in [3.8, 4) is 0 Å². The highest BCUT2D eigenvalue weighted by Crippen LogP contribution is 1.96. The molecule has 0 N–H and O–H groups in total. The summed E-state index contributed by atoms with van der Waals surface area (Å²) in [5, 5.41) is 0. The van der Waals surface area contributed by atoms with Gasteiger partial charge in [0.2, 0.25) is 0 Å². The first-order valence-electron chi connectivity index (χ1n) is 6.19. The van der Waals surface area contributed by atoms with Crippen LogP contribution >= 0.6 is 0 Å². The molecule has 5 nitrogen and oxygen atoms in total. The Kier molecular flexibility index (Phi) is 8.92. The number of carbonyl (C=O) groups is 2. The molecule has 0 radical (unpaired) electrons. The maximum atomic E-state index is 11.2. The van der Waals surface area contributed by atoms with Crippen molar-refractivity contribution in [2.75, 3.05) is 32.8 Å². The zero-order valence-corrected chi connectivity index (χ0v) is 11.5. The second-order valence-electron chi connectivity index (χ2n) is 4.13. The van der Waals surface area contributed by atoms with Gasteiger partial charge in [-0.2, -0.15) is 0 Å². The summed E-state index contributed by atoms with van der Waals surface area (Å²) in [5.41, 5.74) is 0. The summed E-state index contributed by atoms with van der Waals surface area (Å²) in [7, 11) is 0. The van der Waals surface area contributed by atoms with Crippen molar-refractivity contribution in [3.05, 3.63) is 12.7 Å². The van der Waals surface area contributed by atoms with Crippen LogP contribution in [0.5, 0.6) is 0 Å². The van der Waals surface area contributed by atoms with E-state index in [1.54, 1.807) is 13.8 Å². The molecule has 0 spiro atoms. The minimum absolute atomic E-state index is 0.103. The van der Waals surface area contributed by atoms with Crippen molar-refractivity contribution in [2.45, 2.75) is 20.8 Å². The monoisotopic (exact) mass is 257 g/mol. The molecule has 0 saturated carbocycles. The van der Waals surface area contributed by atoms with Gasteiger partial charge in [-0.05, 0) is 6.54 Å².